The third-order valence-electron chi connectivity index (χ3n) is 4.87. The number of nitrogens with zero attached hydrogens (tertiary/aromatic N) is 1. The Morgan fingerprint density at radius 3 is 2.39 bits per heavy atom. The highest BCUT2D eigenvalue weighted by molar-refractivity contribution is 9.10. The maximum absolute atomic E-state index is 13.0. The molecule has 0 spiro atoms. The Labute approximate surface area is 169 Å². The van der Waals surface area contributed by atoms with Crippen molar-refractivity contribution in [3.8, 4) is 0 Å². The number of carbonyl (C=O) groups is 2. The fourth-order valence-corrected chi connectivity index (χ4v) is 4.17. The van der Waals surface area contributed by atoms with Gasteiger partial charge >= 0.3 is 0 Å². The molecule has 0 saturated carbocycles. The molecule has 7 heteroatoms. The van der Waals surface area contributed by atoms with Crippen LogP contribution in [0.15, 0.2) is 51.9 Å². The summed E-state index contributed by atoms with van der Waals surface area (Å²) in [6, 6.07) is 10.7. The zero-order chi connectivity index (χ0) is 20.0. The second kappa shape index (κ2) is 6.91. The Morgan fingerprint density at radius 1 is 1.11 bits per heavy atom. The Morgan fingerprint density at radius 2 is 1.75 bits per heavy atom. The number of amides is 2. The van der Waals surface area contributed by atoms with Crippen molar-refractivity contribution in [2.75, 3.05) is 10.6 Å². The van der Waals surface area contributed by atoms with Gasteiger partial charge in [-0.15, -0.1) is 0 Å². The molecule has 1 aliphatic rings. The molecule has 3 aromatic rings. The second-order valence-corrected chi connectivity index (χ2v) is 7.92. The number of carbonyl (C=O) groups excluding carboxylic acids is 2. The van der Waals surface area contributed by atoms with Gasteiger partial charge in [0.05, 0.1) is 5.52 Å². The molecule has 2 N–H and O–H groups in total. The normalized spacial score (nSPS) is 14.9. The van der Waals surface area contributed by atoms with E-state index in [-0.39, 0.29) is 22.9 Å². The van der Waals surface area contributed by atoms with Crippen molar-refractivity contribution < 1.29 is 9.59 Å². The lowest BCUT2D eigenvalue weighted by molar-refractivity contribution is -0.114. The molecule has 0 aliphatic carbocycles. The number of hydrogen-bond donors (Lipinski definition) is 2. The van der Waals surface area contributed by atoms with E-state index in [1.54, 1.807) is 36.5 Å². The summed E-state index contributed by atoms with van der Waals surface area (Å²) < 4.78 is 2.84. The third kappa shape index (κ3) is 3.22. The van der Waals surface area contributed by atoms with E-state index in [0.717, 1.165) is 22.0 Å². The topological polar surface area (TPSA) is 80.2 Å². The Hall–Kier alpha value is -2.93. The molecular formula is C21H18BrN3O3. The van der Waals surface area contributed by atoms with Crippen LogP contribution in [-0.4, -0.2) is 16.4 Å². The lowest BCUT2D eigenvalue weighted by Crippen LogP contribution is -2.23. The number of nitrogens with one attached hydrogen (secondary N) is 2. The summed E-state index contributed by atoms with van der Waals surface area (Å²) in [5.74, 6) is -0.623. The molecule has 0 fully saturated rings. The Kier molecular flexibility index (Phi) is 4.55. The van der Waals surface area contributed by atoms with Crippen molar-refractivity contribution >= 4 is 50.0 Å². The monoisotopic (exact) mass is 439 g/mol. The molecule has 0 radical (unpaired) electrons. The average molecular weight is 440 g/mol. The zero-order valence-corrected chi connectivity index (χ0v) is 17.0. The van der Waals surface area contributed by atoms with Crippen LogP contribution in [0.5, 0.6) is 0 Å². The van der Waals surface area contributed by atoms with Gasteiger partial charge in [-0.1, -0.05) is 15.9 Å². The van der Waals surface area contributed by atoms with Crippen LogP contribution in [0.2, 0.25) is 0 Å². The van der Waals surface area contributed by atoms with E-state index < -0.39 is 5.91 Å². The van der Waals surface area contributed by atoms with Crippen molar-refractivity contribution in [1.82, 2.24) is 4.57 Å². The molecule has 4 rings (SSSR count). The van der Waals surface area contributed by atoms with E-state index in [1.807, 2.05) is 10.6 Å². The van der Waals surface area contributed by atoms with Gasteiger partial charge in [0.25, 0.3) is 5.91 Å². The number of aromatic nitrogens is 1. The molecule has 1 atom stereocenters. The fraction of sp³-hybridized carbons (Fsp3) is 0.190. The van der Waals surface area contributed by atoms with E-state index in [1.165, 1.54) is 6.92 Å². The predicted molar refractivity (Wildman–Crippen MR) is 113 cm³/mol. The summed E-state index contributed by atoms with van der Waals surface area (Å²) in [6.07, 6.45) is 2.48. The quantitative estimate of drug-likeness (QED) is 0.644. The molecular weight excluding hydrogens is 422 g/mol. The van der Waals surface area contributed by atoms with E-state index >= 15 is 0 Å². The second-order valence-electron chi connectivity index (χ2n) is 7.01. The highest BCUT2D eigenvalue weighted by Crippen LogP contribution is 2.33. The van der Waals surface area contributed by atoms with E-state index in [4.69, 9.17) is 0 Å². The zero-order valence-electron chi connectivity index (χ0n) is 15.4. The molecule has 1 aromatic heterocycles. The van der Waals surface area contributed by atoms with Gasteiger partial charge in [-0.3, -0.25) is 14.4 Å². The highest BCUT2D eigenvalue weighted by atomic mass is 79.9. The summed E-state index contributed by atoms with van der Waals surface area (Å²) in [4.78, 5) is 36.9. The van der Waals surface area contributed by atoms with Crippen LogP contribution in [0, 0.1) is 0 Å². The first-order valence-electron chi connectivity index (χ1n) is 8.90. The fourth-order valence-electron chi connectivity index (χ4n) is 3.66. The molecule has 2 aromatic carbocycles. The van der Waals surface area contributed by atoms with Gasteiger partial charge in [-0.2, -0.15) is 0 Å². The summed E-state index contributed by atoms with van der Waals surface area (Å²) in [7, 11) is 0. The molecule has 0 bridgehead atoms. The first kappa shape index (κ1) is 18.4. The van der Waals surface area contributed by atoms with Crippen molar-refractivity contribution in [3.05, 3.63) is 68.4 Å². The number of benzene rings is 2. The lowest BCUT2D eigenvalue weighted by Gasteiger charge is -2.13. The van der Waals surface area contributed by atoms with Crippen LogP contribution in [0.3, 0.4) is 0 Å². The smallest absolute Gasteiger partial charge is 0.261 e. The number of rotatable bonds is 3. The van der Waals surface area contributed by atoms with Crippen molar-refractivity contribution in [2.45, 2.75) is 26.3 Å². The molecule has 0 saturated heterocycles. The minimum absolute atomic E-state index is 0.108. The van der Waals surface area contributed by atoms with Gasteiger partial charge in [0.1, 0.15) is 5.56 Å². The molecule has 28 heavy (non-hydrogen) atoms. The molecule has 142 valence electrons. The maximum Gasteiger partial charge on any atom is 0.261 e. The molecule has 1 unspecified atom stereocenters. The van der Waals surface area contributed by atoms with Gasteiger partial charge in [-0.05, 0) is 55.3 Å². The van der Waals surface area contributed by atoms with E-state index in [2.05, 4.69) is 33.5 Å². The standard InChI is InChI=1S/C21H18BrN3O3/c1-11-7-13-8-14(22)9-17-19(13)25(11)10-18(20(17)27)21(28)24-16-5-3-15(4-6-16)23-12(2)26/h3-6,8-11H,7H2,1-2H3,(H,23,26)(H,24,28). The van der Waals surface area contributed by atoms with Gasteiger partial charge in [0.2, 0.25) is 11.3 Å². The summed E-state index contributed by atoms with van der Waals surface area (Å²) in [5.41, 5.74) is 3.01. The number of hydrogen-bond acceptors (Lipinski definition) is 3. The first-order chi connectivity index (χ1) is 13.3. The largest absolute Gasteiger partial charge is 0.343 e. The van der Waals surface area contributed by atoms with Gasteiger partial charge < -0.3 is 15.2 Å². The summed E-state index contributed by atoms with van der Waals surface area (Å²) in [6.45, 7) is 3.50. The van der Waals surface area contributed by atoms with Gasteiger partial charge in [0.15, 0.2) is 0 Å². The van der Waals surface area contributed by atoms with Crippen LogP contribution in [-0.2, 0) is 11.2 Å². The average Bonchev–Trinajstić information content (AvgIpc) is 2.94. The molecule has 1 aliphatic heterocycles. The van der Waals surface area contributed by atoms with Crippen LogP contribution in [0.1, 0.15) is 35.8 Å². The summed E-state index contributed by atoms with van der Waals surface area (Å²) >= 11 is 3.46. The third-order valence-corrected chi connectivity index (χ3v) is 5.33. The number of pyridine rings is 1. The maximum atomic E-state index is 13.0. The Bertz CT molecular complexity index is 1180. The van der Waals surface area contributed by atoms with Crippen LogP contribution >= 0.6 is 15.9 Å². The Balaban J connectivity index is 1.70. The molecule has 6 nitrogen and oxygen atoms in total. The van der Waals surface area contributed by atoms with Crippen molar-refractivity contribution in [1.29, 1.82) is 0 Å². The van der Waals surface area contributed by atoms with Gasteiger partial charge in [0, 0.05) is 40.4 Å². The minimum Gasteiger partial charge on any atom is -0.343 e. The molecule has 2 amide bonds. The van der Waals surface area contributed by atoms with Crippen molar-refractivity contribution in [3.63, 3.8) is 0 Å². The summed E-state index contributed by atoms with van der Waals surface area (Å²) in [5, 5.41) is 5.98. The van der Waals surface area contributed by atoms with Crippen molar-refractivity contribution in [2.24, 2.45) is 0 Å². The van der Waals surface area contributed by atoms with Gasteiger partial charge in [-0.25, -0.2) is 0 Å². The highest BCUT2D eigenvalue weighted by Gasteiger charge is 2.25. The van der Waals surface area contributed by atoms with Crippen LogP contribution in [0.4, 0.5) is 11.4 Å². The predicted octanol–water partition coefficient (Wildman–Crippen LogP) is 4.09. The van der Waals surface area contributed by atoms with E-state index in [9.17, 15) is 14.4 Å². The minimum atomic E-state index is -0.455. The first-order valence-corrected chi connectivity index (χ1v) is 9.69. The van der Waals surface area contributed by atoms with E-state index in [0.29, 0.717) is 16.8 Å². The number of halogens is 1. The van der Waals surface area contributed by atoms with Crippen LogP contribution in [0.25, 0.3) is 10.9 Å². The number of anilines is 2. The SMILES string of the molecule is CC(=O)Nc1ccc(NC(=O)c2cn3c4c(cc(Br)cc4c2=O)CC3C)cc1. The molecule has 2 heterocycles. The van der Waals surface area contributed by atoms with Crippen LogP contribution < -0.4 is 16.1 Å². The lowest BCUT2D eigenvalue weighted by atomic mass is 10.1.